The molecule has 1 aromatic heterocycles. The van der Waals surface area contributed by atoms with Crippen LogP contribution in [-0.4, -0.2) is 21.7 Å². The number of benzene rings is 1. The van der Waals surface area contributed by atoms with Crippen LogP contribution in [0.1, 0.15) is 29.4 Å². The largest absolute Gasteiger partial charge is 0.507 e. The molecular formula is C14H14BrN3O2. The molecule has 0 aliphatic rings. The molecule has 3 N–H and O–H groups in total. The molecule has 0 fully saturated rings. The maximum Gasteiger partial charge on any atom is 0.287 e. The normalized spacial score (nSPS) is 11.4. The maximum atomic E-state index is 11.8. The molecule has 0 atom stereocenters. The van der Waals surface area contributed by atoms with Gasteiger partial charge in [0.2, 0.25) is 0 Å². The minimum atomic E-state index is -0.324. The van der Waals surface area contributed by atoms with Crippen molar-refractivity contribution < 1.29 is 9.90 Å². The Balaban J connectivity index is 2.21. The third kappa shape index (κ3) is 3.27. The molecule has 2 aromatic rings. The number of nitrogens with zero attached hydrogens (tertiary/aromatic N) is 1. The van der Waals surface area contributed by atoms with E-state index < -0.39 is 0 Å². The molecular weight excluding hydrogens is 322 g/mol. The molecule has 0 unspecified atom stereocenters. The summed E-state index contributed by atoms with van der Waals surface area (Å²) < 4.78 is 0.835. The summed E-state index contributed by atoms with van der Waals surface area (Å²) in [5.41, 5.74) is 4.10. The average Bonchev–Trinajstić information content (AvgIpc) is 2.97. The molecule has 5 nitrogen and oxygen atoms in total. The molecule has 20 heavy (non-hydrogen) atoms. The van der Waals surface area contributed by atoms with Crippen molar-refractivity contribution in [2.75, 3.05) is 0 Å². The quantitative estimate of drug-likeness (QED) is 0.593. The second-order valence-electron chi connectivity index (χ2n) is 4.10. The van der Waals surface area contributed by atoms with E-state index in [-0.39, 0.29) is 11.7 Å². The Morgan fingerprint density at radius 3 is 2.90 bits per heavy atom. The van der Waals surface area contributed by atoms with Crippen molar-refractivity contribution in [2.24, 2.45) is 5.10 Å². The van der Waals surface area contributed by atoms with Crippen LogP contribution in [0.2, 0.25) is 0 Å². The molecule has 0 saturated heterocycles. The minimum absolute atomic E-state index is 0.128. The van der Waals surface area contributed by atoms with Crippen molar-refractivity contribution in [3.05, 3.63) is 52.3 Å². The highest BCUT2D eigenvalue weighted by Crippen LogP contribution is 2.23. The predicted molar refractivity (Wildman–Crippen MR) is 80.9 cm³/mol. The lowest BCUT2D eigenvalue weighted by Crippen LogP contribution is -2.20. The summed E-state index contributed by atoms with van der Waals surface area (Å²) >= 11 is 3.35. The summed E-state index contributed by atoms with van der Waals surface area (Å²) in [5, 5.41) is 14.0. The van der Waals surface area contributed by atoms with E-state index in [1.165, 1.54) is 0 Å². The number of amides is 1. The van der Waals surface area contributed by atoms with Crippen LogP contribution < -0.4 is 5.43 Å². The zero-order chi connectivity index (χ0) is 14.5. The molecule has 6 heteroatoms. The zero-order valence-electron chi connectivity index (χ0n) is 10.9. The summed E-state index contributed by atoms with van der Waals surface area (Å²) in [5.74, 6) is -0.196. The second kappa shape index (κ2) is 6.38. The summed E-state index contributed by atoms with van der Waals surface area (Å²) in [7, 11) is 0. The smallest absolute Gasteiger partial charge is 0.287 e. The van der Waals surface area contributed by atoms with E-state index in [9.17, 15) is 9.90 Å². The highest BCUT2D eigenvalue weighted by atomic mass is 79.9. The number of nitrogens with one attached hydrogen (secondary N) is 2. The third-order valence-electron chi connectivity index (χ3n) is 2.74. The van der Waals surface area contributed by atoms with E-state index in [4.69, 9.17) is 0 Å². The summed E-state index contributed by atoms with van der Waals surface area (Å²) in [6, 6.07) is 8.48. The van der Waals surface area contributed by atoms with Gasteiger partial charge in [0, 0.05) is 16.2 Å². The fraction of sp³-hybridized carbons (Fsp3) is 0.143. The number of carbonyl (C=O) groups excluding carboxylic acids is 1. The van der Waals surface area contributed by atoms with Gasteiger partial charge in [-0.3, -0.25) is 4.79 Å². The number of halogens is 1. The van der Waals surface area contributed by atoms with Crippen LogP contribution in [0, 0.1) is 0 Å². The van der Waals surface area contributed by atoms with E-state index in [1.807, 2.05) is 6.92 Å². The molecule has 1 aromatic carbocycles. The first-order valence-electron chi connectivity index (χ1n) is 6.11. The van der Waals surface area contributed by atoms with Crippen LogP contribution in [-0.2, 0) is 0 Å². The van der Waals surface area contributed by atoms with Crippen molar-refractivity contribution in [1.82, 2.24) is 10.4 Å². The summed E-state index contributed by atoms with van der Waals surface area (Å²) in [4.78, 5) is 14.6. The number of H-pyrrole nitrogens is 1. The first-order chi connectivity index (χ1) is 9.61. The van der Waals surface area contributed by atoms with Gasteiger partial charge in [0.1, 0.15) is 11.4 Å². The van der Waals surface area contributed by atoms with Crippen molar-refractivity contribution in [1.29, 1.82) is 0 Å². The summed E-state index contributed by atoms with van der Waals surface area (Å²) in [6.45, 7) is 1.90. The van der Waals surface area contributed by atoms with E-state index in [0.717, 1.165) is 4.47 Å². The average molecular weight is 336 g/mol. The molecule has 0 aliphatic heterocycles. The molecule has 0 spiro atoms. The van der Waals surface area contributed by atoms with Crippen molar-refractivity contribution in [3.8, 4) is 5.75 Å². The van der Waals surface area contributed by atoms with Crippen molar-refractivity contribution in [2.45, 2.75) is 13.3 Å². The van der Waals surface area contributed by atoms with Crippen molar-refractivity contribution >= 4 is 27.5 Å². The van der Waals surface area contributed by atoms with Gasteiger partial charge in [0.15, 0.2) is 0 Å². The Labute approximate surface area is 124 Å². The Hall–Kier alpha value is -2.08. The van der Waals surface area contributed by atoms with Gasteiger partial charge in [-0.15, -0.1) is 0 Å². The lowest BCUT2D eigenvalue weighted by Gasteiger charge is -2.07. The Kier molecular flexibility index (Phi) is 4.57. The van der Waals surface area contributed by atoms with Gasteiger partial charge in [-0.1, -0.05) is 22.9 Å². The van der Waals surface area contributed by atoms with Gasteiger partial charge in [-0.2, -0.15) is 5.10 Å². The Bertz CT molecular complexity index is 636. The van der Waals surface area contributed by atoms with Crippen LogP contribution in [0.3, 0.4) is 0 Å². The molecule has 1 amide bonds. The molecule has 0 aliphatic carbocycles. The van der Waals surface area contributed by atoms with Gasteiger partial charge in [-0.25, -0.2) is 5.43 Å². The topological polar surface area (TPSA) is 77.5 Å². The number of hydrazone groups is 1. The van der Waals surface area contributed by atoms with Crippen LogP contribution >= 0.6 is 15.9 Å². The minimum Gasteiger partial charge on any atom is -0.507 e. The van der Waals surface area contributed by atoms with E-state index in [0.29, 0.717) is 23.4 Å². The van der Waals surface area contributed by atoms with Gasteiger partial charge in [0.25, 0.3) is 5.91 Å². The number of aromatic hydroxyl groups is 1. The fourth-order valence-electron chi connectivity index (χ4n) is 1.72. The van der Waals surface area contributed by atoms with Crippen LogP contribution in [0.15, 0.2) is 46.1 Å². The molecule has 1 heterocycles. The monoisotopic (exact) mass is 335 g/mol. The highest BCUT2D eigenvalue weighted by molar-refractivity contribution is 9.10. The number of aromatic amines is 1. The lowest BCUT2D eigenvalue weighted by atomic mass is 10.1. The van der Waals surface area contributed by atoms with Crippen LogP contribution in [0.25, 0.3) is 0 Å². The maximum absolute atomic E-state index is 11.8. The standard InChI is InChI=1S/C14H14BrN3O2/c1-2-11(10-8-9(15)5-6-13(10)19)17-18-14(20)12-4-3-7-16-12/h3-8,16,19H,2H2,1H3,(H,18,20)/b17-11+. The first kappa shape index (κ1) is 14.3. The first-order valence-corrected chi connectivity index (χ1v) is 6.90. The number of phenolic OH excluding ortho intramolecular Hbond substituents is 1. The zero-order valence-corrected chi connectivity index (χ0v) is 12.4. The number of rotatable bonds is 4. The van der Waals surface area contributed by atoms with E-state index in [2.05, 4.69) is 31.4 Å². The SMILES string of the molecule is CC/C(=N\NC(=O)c1ccc[nH]1)c1cc(Br)ccc1O. The van der Waals surface area contributed by atoms with Crippen LogP contribution in [0.4, 0.5) is 0 Å². The number of phenols is 1. The van der Waals surface area contributed by atoms with Crippen molar-refractivity contribution in [3.63, 3.8) is 0 Å². The fourth-order valence-corrected chi connectivity index (χ4v) is 2.08. The molecule has 0 radical (unpaired) electrons. The van der Waals surface area contributed by atoms with Crippen LogP contribution in [0.5, 0.6) is 5.75 Å². The van der Waals surface area contributed by atoms with E-state index >= 15 is 0 Å². The Morgan fingerprint density at radius 2 is 2.25 bits per heavy atom. The highest BCUT2D eigenvalue weighted by Gasteiger charge is 2.10. The number of hydrogen-bond donors (Lipinski definition) is 3. The van der Waals surface area contributed by atoms with Gasteiger partial charge in [0.05, 0.1) is 5.71 Å². The lowest BCUT2D eigenvalue weighted by molar-refractivity contribution is 0.0950. The molecule has 0 bridgehead atoms. The van der Waals surface area contributed by atoms with Gasteiger partial charge < -0.3 is 10.1 Å². The molecule has 104 valence electrons. The summed E-state index contributed by atoms with van der Waals surface area (Å²) in [6.07, 6.45) is 2.24. The van der Waals surface area contributed by atoms with Gasteiger partial charge >= 0.3 is 0 Å². The Morgan fingerprint density at radius 1 is 1.45 bits per heavy atom. The molecule has 0 saturated carbocycles. The second-order valence-corrected chi connectivity index (χ2v) is 5.01. The number of carbonyl (C=O) groups is 1. The number of aromatic nitrogens is 1. The predicted octanol–water partition coefficient (Wildman–Crippen LogP) is 3.03. The van der Waals surface area contributed by atoms with E-state index in [1.54, 1.807) is 36.5 Å². The van der Waals surface area contributed by atoms with Gasteiger partial charge in [-0.05, 0) is 36.8 Å². The third-order valence-corrected chi connectivity index (χ3v) is 3.23. The number of hydrogen-bond acceptors (Lipinski definition) is 3. The molecule has 2 rings (SSSR count).